The van der Waals surface area contributed by atoms with E-state index in [4.69, 9.17) is 4.42 Å². The van der Waals surface area contributed by atoms with Gasteiger partial charge in [0.15, 0.2) is 5.96 Å². The lowest BCUT2D eigenvalue weighted by atomic mass is 10.3. The second-order valence-corrected chi connectivity index (χ2v) is 4.45. The van der Waals surface area contributed by atoms with E-state index in [2.05, 4.69) is 20.7 Å². The molecule has 7 heteroatoms. The SMILES string of the molecule is CN=C(NCCc1ccco1)NCCc1ccnn1C.I. The van der Waals surface area contributed by atoms with Crippen LogP contribution in [0.3, 0.4) is 0 Å². The minimum atomic E-state index is 0. The molecule has 0 atom stereocenters. The van der Waals surface area contributed by atoms with Gasteiger partial charge in [0, 0.05) is 51.9 Å². The van der Waals surface area contributed by atoms with Crippen molar-refractivity contribution in [1.29, 1.82) is 0 Å². The summed E-state index contributed by atoms with van der Waals surface area (Å²) in [6, 6.07) is 5.89. The fourth-order valence-electron chi connectivity index (χ4n) is 1.94. The van der Waals surface area contributed by atoms with Crippen LogP contribution >= 0.6 is 24.0 Å². The monoisotopic (exact) mass is 403 g/mol. The van der Waals surface area contributed by atoms with Crippen molar-refractivity contribution in [1.82, 2.24) is 20.4 Å². The number of hydrogen-bond donors (Lipinski definition) is 2. The fourth-order valence-corrected chi connectivity index (χ4v) is 1.94. The summed E-state index contributed by atoms with van der Waals surface area (Å²) in [6.07, 6.45) is 5.26. The second kappa shape index (κ2) is 9.43. The van der Waals surface area contributed by atoms with Crippen molar-refractivity contribution in [2.24, 2.45) is 12.0 Å². The normalized spacial score (nSPS) is 11.0. The zero-order chi connectivity index (χ0) is 14.2. The molecule has 0 fully saturated rings. The Morgan fingerprint density at radius 3 is 2.62 bits per heavy atom. The second-order valence-electron chi connectivity index (χ2n) is 4.45. The van der Waals surface area contributed by atoms with Crippen molar-refractivity contribution in [2.45, 2.75) is 12.8 Å². The Morgan fingerprint density at radius 2 is 2.05 bits per heavy atom. The van der Waals surface area contributed by atoms with Gasteiger partial charge in [-0.2, -0.15) is 5.10 Å². The summed E-state index contributed by atoms with van der Waals surface area (Å²) in [6.45, 7) is 1.61. The van der Waals surface area contributed by atoms with E-state index in [0.29, 0.717) is 0 Å². The summed E-state index contributed by atoms with van der Waals surface area (Å²) in [5, 5.41) is 10.7. The van der Waals surface area contributed by atoms with Gasteiger partial charge in [-0.3, -0.25) is 9.67 Å². The molecular formula is C14H22IN5O. The Kier molecular flexibility index (Phi) is 7.88. The Labute approximate surface area is 142 Å². The fraction of sp³-hybridized carbons (Fsp3) is 0.429. The van der Waals surface area contributed by atoms with Gasteiger partial charge in [0.05, 0.1) is 6.26 Å². The first-order valence-electron chi connectivity index (χ1n) is 6.73. The van der Waals surface area contributed by atoms with E-state index < -0.39 is 0 Å². The van der Waals surface area contributed by atoms with Crippen molar-refractivity contribution in [2.75, 3.05) is 20.1 Å². The molecule has 0 aromatic carbocycles. The minimum absolute atomic E-state index is 0. The maximum atomic E-state index is 5.28. The largest absolute Gasteiger partial charge is 0.469 e. The van der Waals surface area contributed by atoms with Gasteiger partial charge in [0.25, 0.3) is 0 Å². The first-order valence-corrected chi connectivity index (χ1v) is 6.73. The quantitative estimate of drug-likeness (QED) is 0.437. The first-order chi connectivity index (χ1) is 9.79. The molecule has 0 spiro atoms. The van der Waals surface area contributed by atoms with Gasteiger partial charge in [-0.25, -0.2) is 0 Å². The number of furan rings is 1. The third-order valence-electron chi connectivity index (χ3n) is 3.06. The number of guanidine groups is 1. The number of nitrogens with zero attached hydrogens (tertiary/aromatic N) is 3. The molecule has 0 aliphatic carbocycles. The van der Waals surface area contributed by atoms with Crippen LogP contribution in [0.1, 0.15) is 11.5 Å². The molecule has 0 aliphatic heterocycles. The Bertz CT molecular complexity index is 535. The van der Waals surface area contributed by atoms with Gasteiger partial charge in [0.2, 0.25) is 0 Å². The van der Waals surface area contributed by atoms with Crippen molar-refractivity contribution < 1.29 is 4.42 Å². The van der Waals surface area contributed by atoms with Crippen LogP contribution in [-0.2, 0) is 19.9 Å². The number of nitrogens with one attached hydrogen (secondary N) is 2. The number of aromatic nitrogens is 2. The molecule has 0 bridgehead atoms. The molecule has 6 nitrogen and oxygen atoms in total. The van der Waals surface area contributed by atoms with Crippen LogP contribution in [0, 0.1) is 0 Å². The van der Waals surface area contributed by atoms with Crippen molar-refractivity contribution >= 4 is 29.9 Å². The van der Waals surface area contributed by atoms with Gasteiger partial charge >= 0.3 is 0 Å². The molecule has 116 valence electrons. The highest BCUT2D eigenvalue weighted by atomic mass is 127. The molecule has 2 aromatic rings. The average molecular weight is 403 g/mol. The highest BCUT2D eigenvalue weighted by Gasteiger charge is 2.01. The predicted octanol–water partition coefficient (Wildman–Crippen LogP) is 1.58. The van der Waals surface area contributed by atoms with Gasteiger partial charge < -0.3 is 15.1 Å². The summed E-state index contributed by atoms with van der Waals surface area (Å²) in [5.41, 5.74) is 1.20. The highest BCUT2D eigenvalue weighted by molar-refractivity contribution is 14.0. The van der Waals surface area contributed by atoms with E-state index in [-0.39, 0.29) is 24.0 Å². The van der Waals surface area contributed by atoms with E-state index in [1.54, 1.807) is 13.3 Å². The molecule has 2 N–H and O–H groups in total. The number of aryl methyl sites for hydroxylation is 1. The minimum Gasteiger partial charge on any atom is -0.469 e. The maximum absolute atomic E-state index is 5.28. The van der Waals surface area contributed by atoms with E-state index in [1.165, 1.54) is 5.69 Å². The molecule has 2 rings (SSSR count). The van der Waals surface area contributed by atoms with Gasteiger partial charge in [-0.15, -0.1) is 24.0 Å². The van der Waals surface area contributed by atoms with Crippen LogP contribution in [0.4, 0.5) is 0 Å². The van der Waals surface area contributed by atoms with E-state index in [1.807, 2.05) is 36.1 Å². The van der Waals surface area contributed by atoms with Crippen LogP contribution in [0.5, 0.6) is 0 Å². The van der Waals surface area contributed by atoms with Crippen LogP contribution in [0.2, 0.25) is 0 Å². The molecule has 2 aromatic heterocycles. The van der Waals surface area contributed by atoms with Crippen LogP contribution < -0.4 is 10.6 Å². The van der Waals surface area contributed by atoms with Crippen molar-refractivity contribution in [3.63, 3.8) is 0 Å². The molecule has 0 saturated heterocycles. The number of halogens is 1. The number of aliphatic imine (C=N–C) groups is 1. The summed E-state index contributed by atoms with van der Waals surface area (Å²) in [7, 11) is 3.72. The topological polar surface area (TPSA) is 67.4 Å². The molecule has 0 aliphatic rings. The van der Waals surface area contributed by atoms with E-state index in [9.17, 15) is 0 Å². The Hall–Kier alpha value is -1.51. The molecule has 0 amide bonds. The smallest absolute Gasteiger partial charge is 0.191 e. The standard InChI is InChI=1S/C14H21N5O.HI/c1-15-14(17-9-7-13-4-3-11-20-13)16-8-5-12-6-10-18-19(12)2;/h3-4,6,10-11H,5,7-9H2,1-2H3,(H2,15,16,17);1H. The molecule has 0 unspecified atom stereocenters. The molecule has 2 heterocycles. The van der Waals surface area contributed by atoms with Crippen molar-refractivity contribution in [3.8, 4) is 0 Å². The Morgan fingerprint density at radius 1 is 1.29 bits per heavy atom. The van der Waals surface area contributed by atoms with Gasteiger partial charge in [-0.05, 0) is 18.2 Å². The lowest BCUT2D eigenvalue weighted by molar-refractivity contribution is 0.507. The van der Waals surface area contributed by atoms with Gasteiger partial charge in [-0.1, -0.05) is 0 Å². The summed E-state index contributed by atoms with van der Waals surface area (Å²) < 4.78 is 7.17. The van der Waals surface area contributed by atoms with Crippen LogP contribution in [0.25, 0.3) is 0 Å². The number of hydrogen-bond acceptors (Lipinski definition) is 3. The summed E-state index contributed by atoms with van der Waals surface area (Å²) in [4.78, 5) is 4.19. The maximum Gasteiger partial charge on any atom is 0.191 e. The molecule has 0 radical (unpaired) electrons. The van der Waals surface area contributed by atoms with Crippen LogP contribution in [-0.4, -0.2) is 35.9 Å². The van der Waals surface area contributed by atoms with E-state index in [0.717, 1.165) is 37.7 Å². The van der Waals surface area contributed by atoms with Crippen LogP contribution in [0.15, 0.2) is 40.1 Å². The summed E-state index contributed by atoms with van der Waals surface area (Å²) >= 11 is 0. The van der Waals surface area contributed by atoms with Gasteiger partial charge in [0.1, 0.15) is 5.76 Å². The molecular weight excluding hydrogens is 381 g/mol. The highest BCUT2D eigenvalue weighted by Crippen LogP contribution is 1.99. The van der Waals surface area contributed by atoms with Crippen molar-refractivity contribution in [3.05, 3.63) is 42.1 Å². The predicted molar refractivity (Wildman–Crippen MR) is 94.1 cm³/mol. The first kappa shape index (κ1) is 17.5. The summed E-state index contributed by atoms with van der Waals surface area (Å²) in [5.74, 6) is 1.78. The Balaban J connectivity index is 0.00000220. The zero-order valence-corrected chi connectivity index (χ0v) is 14.7. The molecule has 0 saturated carbocycles. The lowest BCUT2D eigenvalue weighted by Gasteiger charge is -2.11. The van der Waals surface area contributed by atoms with E-state index >= 15 is 0 Å². The lowest BCUT2D eigenvalue weighted by Crippen LogP contribution is -2.39. The third kappa shape index (κ3) is 5.78. The average Bonchev–Trinajstić information content (AvgIpc) is 3.09. The third-order valence-corrected chi connectivity index (χ3v) is 3.06. The zero-order valence-electron chi connectivity index (χ0n) is 12.4. The number of rotatable bonds is 6. The molecule has 21 heavy (non-hydrogen) atoms.